The number of rotatable bonds is 7. The van der Waals surface area contributed by atoms with Crippen molar-refractivity contribution in [2.75, 3.05) is 11.3 Å². The number of nitrogens with one attached hydrogen (secondary N) is 2. The molecule has 1 heterocycles. The largest absolute Gasteiger partial charge is 0.314 e. The smallest absolute Gasteiger partial charge is 0.271 e. The summed E-state index contributed by atoms with van der Waals surface area (Å²) in [4.78, 5) is 1.07. The highest BCUT2D eigenvalue weighted by atomic mass is 32.2. The Morgan fingerprint density at radius 3 is 2.48 bits per heavy atom. The van der Waals surface area contributed by atoms with Crippen LogP contribution in [0, 0.1) is 0 Å². The van der Waals surface area contributed by atoms with Crippen LogP contribution in [0.15, 0.2) is 46.7 Å². The predicted octanol–water partition coefficient (Wildman–Crippen LogP) is 3.09. The fourth-order valence-corrected chi connectivity index (χ4v) is 4.25. The van der Waals surface area contributed by atoms with Crippen LogP contribution < -0.4 is 10.0 Å². The van der Waals surface area contributed by atoms with E-state index in [1.807, 2.05) is 12.1 Å². The first-order valence-electron chi connectivity index (χ1n) is 6.87. The molecule has 114 valence electrons. The molecular formula is C15H20N2O2S2. The second-order valence-corrected chi connectivity index (χ2v) is 8.13. The molecule has 0 radical (unpaired) electrons. The van der Waals surface area contributed by atoms with E-state index in [2.05, 4.69) is 23.9 Å². The van der Waals surface area contributed by atoms with Crippen molar-refractivity contribution in [2.45, 2.75) is 30.5 Å². The summed E-state index contributed by atoms with van der Waals surface area (Å²) in [6.07, 6.45) is 0.837. The first-order chi connectivity index (χ1) is 9.97. The molecular weight excluding hydrogens is 304 g/mol. The Kier molecular flexibility index (Phi) is 5.39. The monoisotopic (exact) mass is 324 g/mol. The van der Waals surface area contributed by atoms with Crippen LogP contribution in [-0.2, 0) is 16.4 Å². The molecule has 6 heteroatoms. The number of thiophene rings is 1. The zero-order valence-corrected chi connectivity index (χ0v) is 13.8. The lowest BCUT2D eigenvalue weighted by atomic mass is 10.3. The molecule has 0 fully saturated rings. The van der Waals surface area contributed by atoms with E-state index in [1.54, 1.807) is 30.3 Å². The van der Waals surface area contributed by atoms with Crippen molar-refractivity contribution in [3.8, 4) is 0 Å². The van der Waals surface area contributed by atoms with Gasteiger partial charge < -0.3 is 5.32 Å². The number of para-hydroxylation sites is 1. The molecule has 1 aromatic heterocycles. The normalized spacial score (nSPS) is 11.8. The van der Waals surface area contributed by atoms with Crippen molar-refractivity contribution in [1.29, 1.82) is 0 Å². The Balaban J connectivity index is 2.02. The third-order valence-corrected chi connectivity index (χ3v) is 5.87. The number of benzene rings is 1. The van der Waals surface area contributed by atoms with Gasteiger partial charge in [-0.1, -0.05) is 32.0 Å². The average Bonchev–Trinajstić information content (AvgIpc) is 2.88. The molecule has 0 unspecified atom stereocenters. The Morgan fingerprint density at radius 2 is 1.81 bits per heavy atom. The number of hydrogen-bond acceptors (Lipinski definition) is 4. The highest BCUT2D eigenvalue weighted by molar-refractivity contribution is 7.94. The fraction of sp³-hybridized carbons (Fsp3) is 0.333. The molecule has 21 heavy (non-hydrogen) atoms. The van der Waals surface area contributed by atoms with Crippen molar-refractivity contribution < 1.29 is 8.42 Å². The molecule has 0 saturated heterocycles. The first-order valence-corrected chi connectivity index (χ1v) is 9.17. The van der Waals surface area contributed by atoms with Gasteiger partial charge in [-0.2, -0.15) is 0 Å². The zero-order chi connectivity index (χ0) is 15.3. The van der Waals surface area contributed by atoms with Gasteiger partial charge in [0.25, 0.3) is 10.0 Å². The van der Waals surface area contributed by atoms with E-state index >= 15 is 0 Å². The lowest BCUT2D eigenvalue weighted by Gasteiger charge is -2.06. The standard InChI is InChI=1S/C15H20N2O2S2/c1-12(2)16-11-10-14-8-9-15(20-14)21(18,19)17-13-6-4-3-5-7-13/h3-9,12,16-17H,10-11H2,1-2H3. The fourth-order valence-electron chi connectivity index (χ4n) is 1.83. The van der Waals surface area contributed by atoms with Gasteiger partial charge in [0.1, 0.15) is 4.21 Å². The molecule has 2 N–H and O–H groups in total. The maximum absolute atomic E-state index is 12.3. The molecule has 2 rings (SSSR count). The molecule has 0 amide bonds. The van der Waals surface area contributed by atoms with Crippen LogP contribution in [0.2, 0.25) is 0 Å². The number of anilines is 1. The minimum absolute atomic E-state index is 0.353. The van der Waals surface area contributed by atoms with E-state index in [0.29, 0.717) is 15.9 Å². The van der Waals surface area contributed by atoms with E-state index < -0.39 is 10.0 Å². The van der Waals surface area contributed by atoms with Gasteiger partial charge in [0.15, 0.2) is 0 Å². The minimum atomic E-state index is -3.49. The highest BCUT2D eigenvalue weighted by Gasteiger charge is 2.16. The predicted molar refractivity (Wildman–Crippen MR) is 88.4 cm³/mol. The molecule has 2 aromatic rings. The number of hydrogen-bond donors (Lipinski definition) is 2. The zero-order valence-electron chi connectivity index (χ0n) is 12.2. The van der Waals surface area contributed by atoms with Crippen LogP contribution in [0.4, 0.5) is 5.69 Å². The van der Waals surface area contributed by atoms with Crippen LogP contribution in [0.5, 0.6) is 0 Å². The summed E-state index contributed by atoms with van der Waals surface area (Å²) in [6, 6.07) is 12.9. The minimum Gasteiger partial charge on any atom is -0.314 e. The van der Waals surface area contributed by atoms with E-state index in [9.17, 15) is 8.42 Å². The van der Waals surface area contributed by atoms with Gasteiger partial charge in [-0.15, -0.1) is 11.3 Å². The second kappa shape index (κ2) is 7.06. The van der Waals surface area contributed by atoms with E-state index in [-0.39, 0.29) is 0 Å². The molecule has 0 saturated carbocycles. The lowest BCUT2D eigenvalue weighted by molar-refractivity contribution is 0.592. The van der Waals surface area contributed by atoms with Crippen molar-refractivity contribution in [3.05, 3.63) is 47.3 Å². The molecule has 0 aliphatic heterocycles. The van der Waals surface area contributed by atoms with Crippen LogP contribution in [0.25, 0.3) is 0 Å². The van der Waals surface area contributed by atoms with Gasteiger partial charge in [-0.05, 0) is 30.7 Å². The quantitative estimate of drug-likeness (QED) is 0.823. The molecule has 0 spiro atoms. The molecule has 0 bridgehead atoms. The van der Waals surface area contributed by atoms with Gasteiger partial charge in [-0.25, -0.2) is 8.42 Å². The van der Waals surface area contributed by atoms with Gasteiger partial charge in [0, 0.05) is 23.2 Å². The van der Waals surface area contributed by atoms with Crippen molar-refractivity contribution in [1.82, 2.24) is 5.32 Å². The van der Waals surface area contributed by atoms with Crippen LogP contribution in [0.3, 0.4) is 0 Å². The summed E-state index contributed by atoms with van der Waals surface area (Å²) in [5.74, 6) is 0. The molecule has 1 aromatic carbocycles. The maximum atomic E-state index is 12.3. The number of sulfonamides is 1. The second-order valence-electron chi connectivity index (χ2n) is 5.05. The Labute approximate surface area is 130 Å². The summed E-state index contributed by atoms with van der Waals surface area (Å²) < 4.78 is 27.5. The molecule has 4 nitrogen and oxygen atoms in total. The summed E-state index contributed by atoms with van der Waals surface area (Å²) >= 11 is 1.32. The first kappa shape index (κ1) is 16.0. The Morgan fingerprint density at radius 1 is 1.10 bits per heavy atom. The summed E-state index contributed by atoms with van der Waals surface area (Å²) in [6.45, 7) is 5.03. The van der Waals surface area contributed by atoms with Gasteiger partial charge in [0.05, 0.1) is 0 Å². The van der Waals surface area contributed by atoms with Gasteiger partial charge >= 0.3 is 0 Å². The molecule has 0 atom stereocenters. The Hall–Kier alpha value is -1.37. The highest BCUT2D eigenvalue weighted by Crippen LogP contribution is 2.24. The molecule has 0 aliphatic rings. The topological polar surface area (TPSA) is 58.2 Å². The van der Waals surface area contributed by atoms with Crippen LogP contribution in [0.1, 0.15) is 18.7 Å². The van der Waals surface area contributed by atoms with E-state index in [0.717, 1.165) is 17.8 Å². The summed E-state index contributed by atoms with van der Waals surface area (Å²) in [7, 11) is -3.49. The Bertz CT molecular complexity index is 664. The summed E-state index contributed by atoms with van der Waals surface area (Å²) in [5.41, 5.74) is 0.578. The lowest BCUT2D eigenvalue weighted by Crippen LogP contribution is -2.24. The van der Waals surface area contributed by atoms with Crippen LogP contribution >= 0.6 is 11.3 Å². The average molecular weight is 324 g/mol. The van der Waals surface area contributed by atoms with Crippen molar-refractivity contribution >= 4 is 27.0 Å². The van der Waals surface area contributed by atoms with Gasteiger partial charge in [-0.3, -0.25) is 4.72 Å². The van der Waals surface area contributed by atoms with E-state index in [1.165, 1.54) is 11.3 Å². The third kappa shape index (κ3) is 4.84. The van der Waals surface area contributed by atoms with Crippen LogP contribution in [-0.4, -0.2) is 21.0 Å². The van der Waals surface area contributed by atoms with Crippen molar-refractivity contribution in [2.24, 2.45) is 0 Å². The van der Waals surface area contributed by atoms with Crippen molar-refractivity contribution in [3.63, 3.8) is 0 Å². The SMILES string of the molecule is CC(C)NCCc1ccc(S(=O)(=O)Nc2ccccc2)s1. The summed E-state index contributed by atoms with van der Waals surface area (Å²) in [5, 5.41) is 3.32. The third-order valence-electron chi connectivity index (χ3n) is 2.85. The van der Waals surface area contributed by atoms with Gasteiger partial charge in [0.2, 0.25) is 0 Å². The molecule has 0 aliphatic carbocycles. The van der Waals surface area contributed by atoms with E-state index in [4.69, 9.17) is 0 Å². The maximum Gasteiger partial charge on any atom is 0.271 e.